The topological polar surface area (TPSA) is 72.5 Å². The smallest absolute Gasteiger partial charge is 0.407 e. The molecule has 0 saturated carbocycles. The molecule has 150 valence electrons. The predicted molar refractivity (Wildman–Crippen MR) is 106 cm³/mol. The summed E-state index contributed by atoms with van der Waals surface area (Å²) in [5.74, 6) is -2.01. The molecule has 2 aromatic heterocycles. The SMILES string of the molecule is CN(C)c1c(Cl)cnc2[nH]c3c(CC(C)(C)N(C)C(=O)O)cc(F)c(F)c3c12. The molecule has 3 rings (SSSR count). The molecule has 0 aliphatic heterocycles. The van der Waals surface area contributed by atoms with Gasteiger partial charge in [0.15, 0.2) is 11.6 Å². The van der Waals surface area contributed by atoms with Gasteiger partial charge < -0.3 is 19.9 Å². The van der Waals surface area contributed by atoms with Gasteiger partial charge in [0.1, 0.15) is 5.65 Å². The maximum Gasteiger partial charge on any atom is 0.407 e. The lowest BCUT2D eigenvalue weighted by atomic mass is 9.92. The first-order valence-electron chi connectivity index (χ1n) is 8.56. The molecule has 0 radical (unpaired) electrons. The Morgan fingerprint density at radius 2 is 1.93 bits per heavy atom. The Kier molecular flexibility index (Phi) is 4.87. The highest BCUT2D eigenvalue weighted by Crippen LogP contribution is 2.40. The molecule has 0 atom stereocenters. The number of anilines is 1. The Hall–Kier alpha value is -2.61. The van der Waals surface area contributed by atoms with E-state index in [-0.39, 0.29) is 11.8 Å². The summed E-state index contributed by atoms with van der Waals surface area (Å²) in [4.78, 5) is 21.5. The highest BCUT2D eigenvalue weighted by molar-refractivity contribution is 6.35. The van der Waals surface area contributed by atoms with Crippen molar-refractivity contribution in [3.63, 3.8) is 0 Å². The lowest BCUT2D eigenvalue weighted by Crippen LogP contribution is -2.46. The van der Waals surface area contributed by atoms with Crippen molar-refractivity contribution in [3.8, 4) is 0 Å². The van der Waals surface area contributed by atoms with E-state index < -0.39 is 23.3 Å². The summed E-state index contributed by atoms with van der Waals surface area (Å²) >= 11 is 6.26. The summed E-state index contributed by atoms with van der Waals surface area (Å²) in [7, 11) is 4.95. The standard InChI is InChI=1S/C19H21ClF2N4O2/c1-19(2,26(5)18(27)28)7-9-6-11(21)14(22)12-13-16(25(3)4)10(20)8-23-17(13)24-15(9)12/h6,8H,7H2,1-5H3,(H,23,24)(H,27,28). The largest absolute Gasteiger partial charge is 0.465 e. The van der Waals surface area contributed by atoms with Crippen molar-refractivity contribution in [1.82, 2.24) is 14.9 Å². The van der Waals surface area contributed by atoms with Gasteiger partial charge in [0.05, 0.1) is 33.2 Å². The average molecular weight is 411 g/mol. The molecule has 0 aliphatic carbocycles. The van der Waals surface area contributed by atoms with Crippen LogP contribution in [0.15, 0.2) is 12.3 Å². The van der Waals surface area contributed by atoms with Crippen LogP contribution in [-0.4, -0.2) is 52.7 Å². The normalized spacial score (nSPS) is 12.0. The van der Waals surface area contributed by atoms with E-state index in [1.54, 1.807) is 32.8 Å². The Bertz CT molecular complexity index is 1090. The number of hydrogen-bond donors (Lipinski definition) is 2. The van der Waals surface area contributed by atoms with E-state index in [1.807, 2.05) is 0 Å². The summed E-state index contributed by atoms with van der Waals surface area (Å²) < 4.78 is 29.3. The molecule has 0 bridgehead atoms. The maximum absolute atomic E-state index is 14.8. The van der Waals surface area contributed by atoms with E-state index >= 15 is 0 Å². The van der Waals surface area contributed by atoms with Gasteiger partial charge in [-0.2, -0.15) is 0 Å². The molecule has 3 aromatic rings. The van der Waals surface area contributed by atoms with Crippen LogP contribution in [0.2, 0.25) is 5.02 Å². The number of halogens is 3. The molecule has 1 aromatic carbocycles. The third-order valence-corrected chi connectivity index (χ3v) is 5.34. The summed E-state index contributed by atoms with van der Waals surface area (Å²) in [5.41, 5.74) is 0.869. The zero-order valence-electron chi connectivity index (χ0n) is 16.2. The number of carboxylic acid groups (broad SMARTS) is 1. The number of amides is 1. The van der Waals surface area contributed by atoms with Gasteiger partial charge in [-0.25, -0.2) is 18.6 Å². The van der Waals surface area contributed by atoms with Gasteiger partial charge in [-0.15, -0.1) is 0 Å². The second kappa shape index (κ2) is 6.77. The van der Waals surface area contributed by atoms with Crippen molar-refractivity contribution < 1.29 is 18.7 Å². The number of hydrogen-bond acceptors (Lipinski definition) is 3. The van der Waals surface area contributed by atoms with E-state index in [0.717, 1.165) is 11.0 Å². The maximum atomic E-state index is 14.8. The van der Waals surface area contributed by atoms with Crippen LogP contribution in [0.1, 0.15) is 19.4 Å². The van der Waals surface area contributed by atoms with Gasteiger partial charge in [-0.05, 0) is 31.9 Å². The van der Waals surface area contributed by atoms with E-state index in [1.165, 1.54) is 13.2 Å². The van der Waals surface area contributed by atoms with E-state index in [9.17, 15) is 18.7 Å². The number of nitrogens with zero attached hydrogens (tertiary/aromatic N) is 3. The van der Waals surface area contributed by atoms with Gasteiger partial charge >= 0.3 is 6.09 Å². The van der Waals surface area contributed by atoms with Crippen molar-refractivity contribution in [2.45, 2.75) is 25.8 Å². The first kappa shape index (κ1) is 20.1. The molecule has 0 saturated heterocycles. The number of fused-ring (bicyclic) bond motifs is 3. The molecule has 6 nitrogen and oxygen atoms in total. The van der Waals surface area contributed by atoms with E-state index in [2.05, 4.69) is 9.97 Å². The highest BCUT2D eigenvalue weighted by Gasteiger charge is 2.30. The lowest BCUT2D eigenvalue weighted by molar-refractivity contribution is 0.110. The van der Waals surface area contributed by atoms with Crippen LogP contribution >= 0.6 is 11.6 Å². The van der Waals surface area contributed by atoms with E-state index in [4.69, 9.17) is 11.6 Å². The highest BCUT2D eigenvalue weighted by atomic mass is 35.5. The number of aromatic amines is 1. The fourth-order valence-electron chi connectivity index (χ4n) is 3.40. The summed E-state index contributed by atoms with van der Waals surface area (Å²) in [6.45, 7) is 3.44. The first-order valence-corrected chi connectivity index (χ1v) is 8.94. The molecular weight excluding hydrogens is 390 g/mol. The quantitative estimate of drug-likeness (QED) is 0.657. The zero-order valence-corrected chi connectivity index (χ0v) is 16.9. The van der Waals surface area contributed by atoms with Crippen LogP contribution in [0.5, 0.6) is 0 Å². The minimum Gasteiger partial charge on any atom is -0.465 e. The van der Waals surface area contributed by atoms with E-state index in [0.29, 0.717) is 32.8 Å². The number of H-pyrrole nitrogens is 1. The molecule has 0 aliphatic rings. The second-order valence-electron chi connectivity index (χ2n) is 7.61. The van der Waals surface area contributed by atoms with Gasteiger partial charge in [-0.3, -0.25) is 0 Å². The monoisotopic (exact) mass is 410 g/mol. The third-order valence-electron chi connectivity index (χ3n) is 5.07. The Labute approximate surface area is 165 Å². The van der Waals surface area contributed by atoms with Crippen molar-refractivity contribution in [2.24, 2.45) is 0 Å². The second-order valence-corrected chi connectivity index (χ2v) is 8.02. The van der Waals surface area contributed by atoms with Gasteiger partial charge in [0, 0.05) is 26.7 Å². The average Bonchev–Trinajstić information content (AvgIpc) is 2.97. The van der Waals surface area contributed by atoms with Gasteiger partial charge in [0.25, 0.3) is 0 Å². The minimum absolute atomic E-state index is 0.0532. The summed E-state index contributed by atoms with van der Waals surface area (Å²) in [6, 6.07) is 1.10. The number of carbonyl (C=O) groups is 1. The summed E-state index contributed by atoms with van der Waals surface area (Å²) in [6.07, 6.45) is 0.510. The molecule has 0 spiro atoms. The van der Waals surface area contributed by atoms with Crippen molar-refractivity contribution in [1.29, 1.82) is 0 Å². The van der Waals surface area contributed by atoms with Crippen LogP contribution in [0.4, 0.5) is 19.3 Å². The lowest BCUT2D eigenvalue weighted by Gasteiger charge is -2.33. The molecule has 9 heteroatoms. The number of likely N-dealkylation sites (N-methyl/N-ethyl adjacent to an activating group) is 1. The van der Waals surface area contributed by atoms with Crippen LogP contribution in [0.3, 0.4) is 0 Å². The third kappa shape index (κ3) is 3.11. The molecule has 28 heavy (non-hydrogen) atoms. The van der Waals surface area contributed by atoms with Gasteiger partial charge in [0.2, 0.25) is 0 Å². The summed E-state index contributed by atoms with van der Waals surface area (Å²) in [5, 5.41) is 10.1. The molecule has 1 amide bonds. The first-order chi connectivity index (χ1) is 13.0. The zero-order chi connectivity index (χ0) is 21.0. The van der Waals surface area contributed by atoms with Crippen LogP contribution in [0, 0.1) is 11.6 Å². The molecule has 0 fully saturated rings. The Morgan fingerprint density at radius 1 is 1.29 bits per heavy atom. The van der Waals surface area contributed by atoms with Crippen LogP contribution in [0.25, 0.3) is 21.9 Å². The predicted octanol–water partition coefficient (Wildman–Crippen LogP) is 4.64. The number of pyridine rings is 1. The molecular formula is C19H21ClF2N4O2. The fraction of sp³-hybridized carbons (Fsp3) is 0.368. The number of rotatable bonds is 4. The number of nitrogens with one attached hydrogen (secondary N) is 1. The number of benzene rings is 1. The fourth-order valence-corrected chi connectivity index (χ4v) is 3.72. The van der Waals surface area contributed by atoms with Crippen molar-refractivity contribution in [2.75, 3.05) is 26.0 Å². The van der Waals surface area contributed by atoms with Crippen LogP contribution in [-0.2, 0) is 6.42 Å². The Morgan fingerprint density at radius 3 is 2.50 bits per heavy atom. The minimum atomic E-state index is -1.11. The van der Waals surface area contributed by atoms with Crippen molar-refractivity contribution in [3.05, 3.63) is 34.5 Å². The molecule has 0 unspecified atom stereocenters. The molecule has 2 heterocycles. The van der Waals surface area contributed by atoms with Gasteiger partial charge in [-0.1, -0.05) is 11.6 Å². The molecule has 2 N–H and O–H groups in total. The van der Waals surface area contributed by atoms with Crippen molar-refractivity contribution >= 4 is 45.3 Å². The van der Waals surface area contributed by atoms with Crippen LogP contribution < -0.4 is 4.90 Å². The Balaban J connectivity index is 2.34. The number of aromatic nitrogens is 2.